The van der Waals surface area contributed by atoms with E-state index < -0.39 is 5.97 Å². The van der Waals surface area contributed by atoms with Gasteiger partial charge in [-0.1, -0.05) is 6.07 Å². The van der Waals surface area contributed by atoms with Crippen LogP contribution in [0.4, 0.5) is 5.69 Å². The van der Waals surface area contributed by atoms with Crippen LogP contribution in [0.5, 0.6) is 11.6 Å². The Morgan fingerprint density at radius 2 is 2.19 bits per heavy atom. The van der Waals surface area contributed by atoms with Crippen molar-refractivity contribution in [3.05, 3.63) is 48.2 Å². The number of carbonyl (C=O) groups is 1. The molecule has 21 heavy (non-hydrogen) atoms. The fourth-order valence-corrected chi connectivity index (χ4v) is 1.60. The number of aliphatic imine (C=N–C) groups is 1. The van der Waals surface area contributed by atoms with Crippen molar-refractivity contribution in [1.29, 1.82) is 0 Å². The molecule has 0 aliphatic heterocycles. The van der Waals surface area contributed by atoms with Crippen molar-refractivity contribution < 1.29 is 19.1 Å². The maximum absolute atomic E-state index is 11.6. The zero-order valence-corrected chi connectivity index (χ0v) is 11.3. The number of rotatable bonds is 5. The first-order chi connectivity index (χ1) is 10.2. The van der Waals surface area contributed by atoms with Crippen molar-refractivity contribution in [1.82, 2.24) is 4.98 Å². The first kappa shape index (κ1) is 14.4. The lowest BCUT2D eigenvalue weighted by atomic mass is 10.2. The molecule has 1 aromatic carbocycles. The van der Waals surface area contributed by atoms with Gasteiger partial charge in [-0.05, 0) is 25.1 Å². The Hall–Kier alpha value is -2.98. The summed E-state index contributed by atoms with van der Waals surface area (Å²) in [6.45, 7) is 2.03. The van der Waals surface area contributed by atoms with Crippen LogP contribution in [0.3, 0.4) is 0 Å². The van der Waals surface area contributed by atoms with Crippen LogP contribution in [-0.2, 0) is 9.53 Å². The number of isocyanates is 1. The van der Waals surface area contributed by atoms with Crippen LogP contribution in [0.25, 0.3) is 0 Å². The molecule has 0 saturated carbocycles. The molecule has 2 aromatic rings. The molecule has 0 amide bonds. The summed E-state index contributed by atoms with van der Waals surface area (Å²) in [6, 6.07) is 9.58. The van der Waals surface area contributed by atoms with Gasteiger partial charge >= 0.3 is 5.97 Å². The van der Waals surface area contributed by atoms with Gasteiger partial charge in [0.2, 0.25) is 12.0 Å². The number of hydrogen-bond acceptors (Lipinski definition) is 6. The van der Waals surface area contributed by atoms with E-state index >= 15 is 0 Å². The summed E-state index contributed by atoms with van der Waals surface area (Å²) in [6.07, 6.45) is 2.91. The van der Waals surface area contributed by atoms with Crippen LogP contribution in [0.2, 0.25) is 0 Å². The maximum Gasteiger partial charge on any atom is 0.338 e. The lowest BCUT2D eigenvalue weighted by molar-refractivity contribution is 0.0526. The van der Waals surface area contributed by atoms with Crippen LogP contribution in [0.1, 0.15) is 17.3 Å². The molecular formula is C15H12N2O4. The first-order valence-corrected chi connectivity index (χ1v) is 6.22. The Bertz CT molecular complexity index is 694. The van der Waals surface area contributed by atoms with Crippen molar-refractivity contribution in [3.63, 3.8) is 0 Å². The zero-order chi connectivity index (χ0) is 15.1. The average Bonchev–Trinajstić information content (AvgIpc) is 2.48. The van der Waals surface area contributed by atoms with Crippen molar-refractivity contribution in [2.45, 2.75) is 6.92 Å². The Morgan fingerprint density at radius 1 is 1.33 bits per heavy atom. The molecule has 1 aromatic heterocycles. The summed E-state index contributed by atoms with van der Waals surface area (Å²) >= 11 is 0. The third-order valence-electron chi connectivity index (χ3n) is 2.46. The summed E-state index contributed by atoms with van der Waals surface area (Å²) in [7, 11) is 0. The lowest BCUT2D eigenvalue weighted by Crippen LogP contribution is -2.04. The number of esters is 1. The predicted molar refractivity (Wildman–Crippen MR) is 74.5 cm³/mol. The molecular weight excluding hydrogens is 272 g/mol. The van der Waals surface area contributed by atoms with E-state index in [1.54, 1.807) is 31.2 Å². The van der Waals surface area contributed by atoms with Gasteiger partial charge in [0, 0.05) is 18.3 Å². The highest BCUT2D eigenvalue weighted by Gasteiger charge is 2.08. The van der Waals surface area contributed by atoms with Crippen LogP contribution >= 0.6 is 0 Å². The largest absolute Gasteiger partial charge is 0.462 e. The normalized spacial score (nSPS) is 9.57. The van der Waals surface area contributed by atoms with E-state index in [4.69, 9.17) is 9.47 Å². The lowest BCUT2D eigenvalue weighted by Gasteiger charge is -2.06. The minimum atomic E-state index is -0.441. The van der Waals surface area contributed by atoms with E-state index in [-0.39, 0.29) is 5.88 Å². The fourth-order valence-electron chi connectivity index (χ4n) is 1.60. The molecule has 0 saturated heterocycles. The van der Waals surface area contributed by atoms with E-state index in [9.17, 15) is 9.59 Å². The summed E-state index contributed by atoms with van der Waals surface area (Å²) in [5.74, 6) is 0.247. The zero-order valence-electron chi connectivity index (χ0n) is 11.3. The second-order valence-corrected chi connectivity index (χ2v) is 3.91. The van der Waals surface area contributed by atoms with Gasteiger partial charge in [-0.25, -0.2) is 14.6 Å². The Labute approximate surface area is 121 Å². The van der Waals surface area contributed by atoms with Crippen LogP contribution in [0.15, 0.2) is 47.6 Å². The molecule has 0 bridgehead atoms. The number of aromatic nitrogens is 1. The number of ether oxygens (including phenoxy) is 2. The third kappa shape index (κ3) is 3.99. The predicted octanol–water partition coefficient (Wildman–Crippen LogP) is 3.02. The van der Waals surface area contributed by atoms with Gasteiger partial charge in [0.15, 0.2) is 0 Å². The SMILES string of the molecule is CCOC(=O)c1ccnc(Oc2cccc(N=C=O)c2)c1. The molecule has 6 nitrogen and oxygen atoms in total. The molecule has 1 heterocycles. The molecule has 0 radical (unpaired) electrons. The molecule has 0 atom stereocenters. The molecule has 0 unspecified atom stereocenters. The fraction of sp³-hybridized carbons (Fsp3) is 0.133. The highest BCUT2D eigenvalue weighted by atomic mass is 16.5. The highest BCUT2D eigenvalue weighted by molar-refractivity contribution is 5.89. The van der Waals surface area contributed by atoms with Crippen molar-refractivity contribution in [2.24, 2.45) is 4.99 Å². The quantitative estimate of drug-likeness (QED) is 0.479. The number of carbonyl (C=O) groups excluding carboxylic acids is 2. The van der Waals surface area contributed by atoms with Crippen molar-refractivity contribution >= 4 is 17.7 Å². The Balaban J connectivity index is 2.19. The van der Waals surface area contributed by atoms with Crippen LogP contribution < -0.4 is 4.74 Å². The van der Waals surface area contributed by atoms with E-state index in [2.05, 4.69) is 9.98 Å². The number of nitrogens with zero attached hydrogens (tertiary/aromatic N) is 2. The van der Waals surface area contributed by atoms with Gasteiger partial charge < -0.3 is 9.47 Å². The molecule has 0 aliphatic rings. The topological polar surface area (TPSA) is 77.8 Å². The third-order valence-corrected chi connectivity index (χ3v) is 2.46. The highest BCUT2D eigenvalue weighted by Crippen LogP contribution is 2.24. The molecule has 6 heteroatoms. The smallest absolute Gasteiger partial charge is 0.338 e. The van der Waals surface area contributed by atoms with Gasteiger partial charge in [0.25, 0.3) is 0 Å². The maximum atomic E-state index is 11.6. The van der Waals surface area contributed by atoms with Gasteiger partial charge in [0.05, 0.1) is 17.9 Å². The minimum Gasteiger partial charge on any atom is -0.462 e. The standard InChI is InChI=1S/C15H12N2O4/c1-2-20-15(19)11-6-7-16-14(8-11)21-13-5-3-4-12(9-13)17-10-18/h3-9H,2H2,1H3. The first-order valence-electron chi connectivity index (χ1n) is 6.22. The van der Waals surface area contributed by atoms with Gasteiger partial charge in [-0.2, -0.15) is 4.99 Å². The second kappa shape index (κ2) is 6.98. The van der Waals surface area contributed by atoms with Crippen LogP contribution in [-0.4, -0.2) is 23.6 Å². The summed E-state index contributed by atoms with van der Waals surface area (Å²) in [4.78, 5) is 29.4. The Kier molecular flexibility index (Phi) is 4.79. The van der Waals surface area contributed by atoms with Crippen molar-refractivity contribution in [2.75, 3.05) is 6.61 Å². The van der Waals surface area contributed by atoms with Crippen molar-refractivity contribution in [3.8, 4) is 11.6 Å². The van der Waals surface area contributed by atoms with Gasteiger partial charge in [-0.3, -0.25) is 0 Å². The van der Waals surface area contributed by atoms with E-state index in [0.29, 0.717) is 23.6 Å². The molecule has 0 spiro atoms. The van der Waals surface area contributed by atoms with E-state index in [0.717, 1.165) is 0 Å². The summed E-state index contributed by atoms with van der Waals surface area (Å²) in [5.41, 5.74) is 0.771. The summed E-state index contributed by atoms with van der Waals surface area (Å²) < 4.78 is 10.4. The minimum absolute atomic E-state index is 0.243. The molecule has 0 N–H and O–H groups in total. The molecule has 0 fully saturated rings. The molecule has 2 rings (SSSR count). The number of benzene rings is 1. The Morgan fingerprint density at radius 3 is 2.95 bits per heavy atom. The number of pyridine rings is 1. The average molecular weight is 284 g/mol. The molecule has 106 valence electrons. The van der Waals surface area contributed by atoms with Crippen LogP contribution in [0, 0.1) is 0 Å². The van der Waals surface area contributed by atoms with E-state index in [1.807, 2.05) is 0 Å². The van der Waals surface area contributed by atoms with Gasteiger partial charge in [-0.15, -0.1) is 0 Å². The van der Waals surface area contributed by atoms with E-state index in [1.165, 1.54) is 24.4 Å². The summed E-state index contributed by atoms with van der Waals surface area (Å²) in [5, 5.41) is 0. The van der Waals surface area contributed by atoms with Gasteiger partial charge in [0.1, 0.15) is 5.75 Å². The molecule has 0 aliphatic carbocycles. The monoisotopic (exact) mass is 284 g/mol. The second-order valence-electron chi connectivity index (χ2n) is 3.91. The number of hydrogen-bond donors (Lipinski definition) is 0.